The molecule has 2 aromatic rings. The van der Waals surface area contributed by atoms with E-state index in [1.165, 1.54) is 6.33 Å². The van der Waals surface area contributed by atoms with E-state index >= 15 is 0 Å². The Hall–Kier alpha value is -1.81. The molecule has 0 saturated carbocycles. The largest absolute Gasteiger partial charge is 0.497 e. The Labute approximate surface area is 123 Å². The quantitative estimate of drug-likeness (QED) is 0.801. The summed E-state index contributed by atoms with van der Waals surface area (Å²) >= 11 is 6.21. The molecule has 1 heterocycles. The average molecular weight is 293 g/mol. The average Bonchev–Trinajstić information content (AvgIpc) is 2.45. The van der Waals surface area contributed by atoms with Crippen molar-refractivity contribution in [1.82, 2.24) is 9.97 Å². The van der Waals surface area contributed by atoms with Gasteiger partial charge in [-0.05, 0) is 18.1 Å². The molecule has 0 spiro atoms. The minimum Gasteiger partial charge on any atom is -0.497 e. The Bertz CT molecular complexity index is 593. The van der Waals surface area contributed by atoms with Crippen LogP contribution in [-0.2, 0) is 0 Å². The first-order valence-electron chi connectivity index (χ1n) is 6.30. The van der Waals surface area contributed by atoms with E-state index in [1.807, 2.05) is 18.2 Å². The van der Waals surface area contributed by atoms with Crippen LogP contribution in [0.4, 0.5) is 0 Å². The predicted octanol–water partition coefficient (Wildman–Crippen LogP) is 3.94. The van der Waals surface area contributed by atoms with Crippen molar-refractivity contribution >= 4 is 11.6 Å². The molecule has 0 unspecified atom stereocenters. The molecule has 0 atom stereocenters. The molecular weight excluding hydrogens is 276 g/mol. The number of rotatable bonds is 4. The van der Waals surface area contributed by atoms with Gasteiger partial charge in [0.1, 0.15) is 23.0 Å². The summed E-state index contributed by atoms with van der Waals surface area (Å²) in [6, 6.07) is 5.64. The normalized spacial score (nSPS) is 10.7. The second-order valence-electron chi connectivity index (χ2n) is 4.68. The zero-order valence-corrected chi connectivity index (χ0v) is 12.7. The van der Waals surface area contributed by atoms with Gasteiger partial charge in [-0.25, -0.2) is 9.97 Å². The lowest BCUT2D eigenvalue weighted by atomic mass is 9.98. The minimum absolute atomic E-state index is 0.218. The summed E-state index contributed by atoms with van der Waals surface area (Å²) in [5.74, 6) is 1.64. The fourth-order valence-electron chi connectivity index (χ4n) is 2.06. The lowest BCUT2D eigenvalue weighted by Crippen LogP contribution is -1.99. The topological polar surface area (TPSA) is 44.2 Å². The van der Waals surface area contributed by atoms with Crippen LogP contribution < -0.4 is 9.47 Å². The van der Waals surface area contributed by atoms with Crippen LogP contribution in [0.1, 0.15) is 25.3 Å². The molecule has 106 valence electrons. The highest BCUT2D eigenvalue weighted by atomic mass is 35.5. The van der Waals surface area contributed by atoms with Crippen LogP contribution in [0, 0.1) is 0 Å². The number of aromatic nitrogens is 2. The Kier molecular flexibility index (Phi) is 4.45. The Morgan fingerprint density at radius 2 is 1.60 bits per heavy atom. The molecule has 0 aliphatic heterocycles. The van der Waals surface area contributed by atoms with Crippen molar-refractivity contribution in [1.29, 1.82) is 0 Å². The molecule has 0 N–H and O–H groups in total. The van der Waals surface area contributed by atoms with Crippen LogP contribution in [0.5, 0.6) is 11.5 Å². The second kappa shape index (κ2) is 6.09. The molecule has 2 rings (SSSR count). The third kappa shape index (κ3) is 2.85. The van der Waals surface area contributed by atoms with Gasteiger partial charge < -0.3 is 9.47 Å². The summed E-state index contributed by atoms with van der Waals surface area (Å²) in [7, 11) is 3.24. The highest BCUT2D eigenvalue weighted by Crippen LogP contribution is 2.35. The molecular formula is C15H17ClN2O2. The van der Waals surface area contributed by atoms with Gasteiger partial charge in [-0.2, -0.15) is 0 Å². The van der Waals surface area contributed by atoms with Crippen LogP contribution in [0.3, 0.4) is 0 Å². The summed E-state index contributed by atoms with van der Waals surface area (Å²) in [5.41, 5.74) is 2.62. The van der Waals surface area contributed by atoms with Crippen LogP contribution in [0.2, 0.25) is 5.15 Å². The van der Waals surface area contributed by atoms with Gasteiger partial charge in [0.25, 0.3) is 0 Å². The van der Waals surface area contributed by atoms with Crippen LogP contribution in [0.15, 0.2) is 24.5 Å². The molecule has 0 bridgehead atoms. The second-order valence-corrected chi connectivity index (χ2v) is 5.04. The Morgan fingerprint density at radius 1 is 1.00 bits per heavy atom. The van der Waals surface area contributed by atoms with E-state index in [-0.39, 0.29) is 5.92 Å². The number of hydrogen-bond donors (Lipinski definition) is 0. The molecule has 4 nitrogen and oxygen atoms in total. The third-order valence-electron chi connectivity index (χ3n) is 3.04. The molecule has 0 fully saturated rings. The van der Waals surface area contributed by atoms with E-state index in [1.54, 1.807) is 14.2 Å². The van der Waals surface area contributed by atoms with Gasteiger partial charge >= 0.3 is 0 Å². The minimum atomic E-state index is 0.218. The highest BCUT2D eigenvalue weighted by Gasteiger charge is 2.16. The lowest BCUT2D eigenvalue weighted by Gasteiger charge is -2.14. The number of ether oxygens (including phenoxy) is 2. The van der Waals surface area contributed by atoms with Crippen molar-refractivity contribution < 1.29 is 9.47 Å². The van der Waals surface area contributed by atoms with Gasteiger partial charge in [0.15, 0.2) is 0 Å². The van der Waals surface area contributed by atoms with Crippen LogP contribution >= 0.6 is 11.6 Å². The molecule has 0 amide bonds. The molecule has 0 radical (unpaired) electrons. The van der Waals surface area contributed by atoms with Crippen molar-refractivity contribution in [3.63, 3.8) is 0 Å². The Balaban J connectivity index is 2.65. The van der Waals surface area contributed by atoms with Crippen molar-refractivity contribution in [2.75, 3.05) is 14.2 Å². The van der Waals surface area contributed by atoms with Crippen molar-refractivity contribution in [2.24, 2.45) is 0 Å². The molecule has 0 aliphatic carbocycles. The molecule has 5 heteroatoms. The van der Waals surface area contributed by atoms with E-state index in [0.29, 0.717) is 16.7 Å². The number of nitrogens with zero attached hydrogens (tertiary/aromatic N) is 2. The van der Waals surface area contributed by atoms with E-state index in [0.717, 1.165) is 16.8 Å². The summed E-state index contributed by atoms with van der Waals surface area (Å²) in [5, 5.41) is 0.479. The zero-order valence-electron chi connectivity index (χ0n) is 12.0. The number of hydrogen-bond acceptors (Lipinski definition) is 4. The van der Waals surface area contributed by atoms with Crippen molar-refractivity contribution in [3.8, 4) is 22.8 Å². The summed E-state index contributed by atoms with van der Waals surface area (Å²) in [4.78, 5) is 8.44. The molecule has 1 aromatic carbocycles. The monoisotopic (exact) mass is 292 g/mol. The standard InChI is InChI=1S/C15H17ClN2O2/c1-9(2)13-14(17-8-18-15(13)16)10-5-11(19-3)7-12(6-10)20-4/h5-9H,1-4H3. The first-order valence-corrected chi connectivity index (χ1v) is 6.68. The van der Waals surface area contributed by atoms with Gasteiger partial charge in [0.2, 0.25) is 0 Å². The van der Waals surface area contributed by atoms with Crippen LogP contribution in [0.25, 0.3) is 11.3 Å². The predicted molar refractivity (Wildman–Crippen MR) is 79.7 cm³/mol. The fraction of sp³-hybridized carbons (Fsp3) is 0.333. The maximum Gasteiger partial charge on any atom is 0.136 e. The van der Waals surface area contributed by atoms with Gasteiger partial charge in [-0.3, -0.25) is 0 Å². The number of halogens is 1. The van der Waals surface area contributed by atoms with Gasteiger partial charge in [-0.15, -0.1) is 0 Å². The highest BCUT2D eigenvalue weighted by molar-refractivity contribution is 6.30. The maximum atomic E-state index is 6.21. The summed E-state index contributed by atoms with van der Waals surface area (Å²) in [6.45, 7) is 4.12. The summed E-state index contributed by atoms with van der Waals surface area (Å²) in [6.07, 6.45) is 1.47. The maximum absolute atomic E-state index is 6.21. The van der Waals surface area contributed by atoms with Crippen LogP contribution in [-0.4, -0.2) is 24.2 Å². The van der Waals surface area contributed by atoms with Gasteiger partial charge in [-0.1, -0.05) is 25.4 Å². The molecule has 0 saturated heterocycles. The van der Waals surface area contributed by atoms with E-state index in [9.17, 15) is 0 Å². The lowest BCUT2D eigenvalue weighted by molar-refractivity contribution is 0.394. The third-order valence-corrected chi connectivity index (χ3v) is 3.34. The van der Waals surface area contributed by atoms with Gasteiger partial charge in [0.05, 0.1) is 19.9 Å². The van der Waals surface area contributed by atoms with E-state index in [4.69, 9.17) is 21.1 Å². The van der Waals surface area contributed by atoms with Crippen molar-refractivity contribution in [3.05, 3.63) is 35.2 Å². The van der Waals surface area contributed by atoms with Crippen molar-refractivity contribution in [2.45, 2.75) is 19.8 Å². The van der Waals surface area contributed by atoms with E-state index in [2.05, 4.69) is 23.8 Å². The molecule has 1 aromatic heterocycles. The summed E-state index contributed by atoms with van der Waals surface area (Å²) < 4.78 is 10.6. The fourth-order valence-corrected chi connectivity index (χ4v) is 2.41. The first-order chi connectivity index (χ1) is 9.56. The smallest absolute Gasteiger partial charge is 0.136 e. The SMILES string of the molecule is COc1cc(OC)cc(-c2ncnc(Cl)c2C(C)C)c1. The Morgan fingerprint density at radius 3 is 2.10 bits per heavy atom. The van der Waals surface area contributed by atoms with Gasteiger partial charge in [0, 0.05) is 17.2 Å². The number of benzene rings is 1. The van der Waals surface area contributed by atoms with E-state index < -0.39 is 0 Å². The molecule has 0 aliphatic rings. The molecule has 20 heavy (non-hydrogen) atoms. The first kappa shape index (κ1) is 14.6. The number of methoxy groups -OCH3 is 2. The zero-order chi connectivity index (χ0) is 14.7.